The minimum Gasteiger partial charge on any atom is -0.321 e. The van der Waals surface area contributed by atoms with E-state index in [1.807, 2.05) is 0 Å². The van der Waals surface area contributed by atoms with Gasteiger partial charge in [0.05, 0.1) is 25.7 Å². The van der Waals surface area contributed by atoms with E-state index < -0.39 is 10.8 Å². The lowest BCUT2D eigenvalue weighted by molar-refractivity contribution is -0.384. The van der Waals surface area contributed by atoms with Gasteiger partial charge in [-0.15, -0.1) is 0 Å². The number of rotatable bonds is 3. The van der Waals surface area contributed by atoms with Crippen molar-refractivity contribution in [2.24, 2.45) is 0 Å². The standard InChI is InChI=1S/C13H6Cl4N2O3/c14-7-2-1-6(3-12(7)19(21)22)13(20)18-11-5-9(16)8(15)4-10(11)17/h1-5H,(H,18,20). The first-order chi connectivity index (χ1) is 10.3. The third-order valence-corrected chi connectivity index (χ3v) is 4.02. The van der Waals surface area contributed by atoms with Crippen LogP contribution in [-0.4, -0.2) is 10.8 Å². The smallest absolute Gasteiger partial charge is 0.288 e. The molecule has 0 aromatic heterocycles. The summed E-state index contributed by atoms with van der Waals surface area (Å²) in [6.07, 6.45) is 0. The number of benzene rings is 2. The van der Waals surface area contributed by atoms with Gasteiger partial charge in [-0.3, -0.25) is 14.9 Å². The van der Waals surface area contributed by atoms with Crippen LogP contribution < -0.4 is 5.32 Å². The van der Waals surface area contributed by atoms with E-state index in [-0.39, 0.29) is 37.0 Å². The Morgan fingerprint density at radius 1 is 0.955 bits per heavy atom. The van der Waals surface area contributed by atoms with E-state index in [0.29, 0.717) is 0 Å². The van der Waals surface area contributed by atoms with Crippen molar-refractivity contribution >= 4 is 63.7 Å². The molecule has 0 aliphatic carbocycles. The molecule has 9 heteroatoms. The molecule has 0 radical (unpaired) electrons. The van der Waals surface area contributed by atoms with Crippen LogP contribution in [0.1, 0.15) is 10.4 Å². The highest BCUT2D eigenvalue weighted by molar-refractivity contribution is 6.44. The van der Waals surface area contributed by atoms with E-state index in [9.17, 15) is 14.9 Å². The maximum absolute atomic E-state index is 12.1. The zero-order valence-corrected chi connectivity index (χ0v) is 13.6. The summed E-state index contributed by atoms with van der Waals surface area (Å²) in [6.45, 7) is 0. The Morgan fingerprint density at radius 3 is 2.23 bits per heavy atom. The number of nitrogens with zero attached hydrogens (tertiary/aromatic N) is 1. The fourth-order valence-electron chi connectivity index (χ4n) is 1.61. The van der Waals surface area contributed by atoms with E-state index in [4.69, 9.17) is 46.4 Å². The van der Waals surface area contributed by atoms with Gasteiger partial charge < -0.3 is 5.32 Å². The number of carbonyl (C=O) groups excluding carboxylic acids is 1. The Balaban J connectivity index is 2.32. The maximum Gasteiger partial charge on any atom is 0.288 e. The van der Waals surface area contributed by atoms with E-state index in [1.165, 1.54) is 24.3 Å². The highest BCUT2D eigenvalue weighted by Gasteiger charge is 2.17. The number of amides is 1. The van der Waals surface area contributed by atoms with Crippen molar-refractivity contribution in [3.8, 4) is 0 Å². The predicted octanol–water partition coefficient (Wildman–Crippen LogP) is 5.46. The van der Waals surface area contributed by atoms with E-state index in [1.54, 1.807) is 0 Å². The molecular formula is C13H6Cl4N2O3. The van der Waals surface area contributed by atoms with Crippen molar-refractivity contribution in [1.29, 1.82) is 0 Å². The molecule has 0 saturated heterocycles. The maximum atomic E-state index is 12.1. The third kappa shape index (κ3) is 3.62. The summed E-state index contributed by atoms with van der Waals surface area (Å²) in [6, 6.07) is 6.46. The molecule has 22 heavy (non-hydrogen) atoms. The molecule has 0 saturated carbocycles. The van der Waals surface area contributed by atoms with Crippen LogP contribution in [0.15, 0.2) is 30.3 Å². The van der Waals surface area contributed by atoms with Crippen molar-refractivity contribution in [2.45, 2.75) is 0 Å². The van der Waals surface area contributed by atoms with Crippen molar-refractivity contribution in [3.05, 3.63) is 66.1 Å². The summed E-state index contributed by atoms with van der Waals surface area (Å²) in [5.74, 6) is -0.597. The van der Waals surface area contributed by atoms with E-state index in [0.717, 1.165) is 6.07 Å². The third-order valence-electron chi connectivity index (χ3n) is 2.66. The lowest BCUT2D eigenvalue weighted by Crippen LogP contribution is -2.12. The van der Waals surface area contributed by atoms with Gasteiger partial charge >= 0.3 is 0 Å². The summed E-state index contributed by atoms with van der Waals surface area (Å²) in [5.41, 5.74) is -0.0774. The normalized spacial score (nSPS) is 10.4. The van der Waals surface area contributed by atoms with Crippen LogP contribution in [0.3, 0.4) is 0 Å². The summed E-state index contributed by atoms with van der Waals surface area (Å²) >= 11 is 23.3. The molecule has 2 aromatic carbocycles. The molecule has 0 heterocycles. The molecule has 0 aliphatic heterocycles. The average molecular weight is 380 g/mol. The minimum atomic E-state index is -0.675. The Hall–Kier alpha value is -1.53. The van der Waals surface area contributed by atoms with Crippen LogP contribution in [0, 0.1) is 10.1 Å². The molecule has 2 rings (SSSR count). The van der Waals surface area contributed by atoms with Crippen molar-refractivity contribution in [3.63, 3.8) is 0 Å². The number of nitrogens with one attached hydrogen (secondary N) is 1. The van der Waals surface area contributed by atoms with Crippen LogP contribution in [0.4, 0.5) is 11.4 Å². The fraction of sp³-hybridized carbons (Fsp3) is 0. The van der Waals surface area contributed by atoms with Crippen LogP contribution in [-0.2, 0) is 0 Å². The van der Waals surface area contributed by atoms with Gasteiger partial charge in [0.1, 0.15) is 5.02 Å². The first kappa shape index (κ1) is 16.8. The summed E-state index contributed by atoms with van der Waals surface area (Å²) < 4.78 is 0. The van der Waals surface area contributed by atoms with Gasteiger partial charge in [0.25, 0.3) is 11.6 Å². The molecule has 5 nitrogen and oxygen atoms in total. The largest absolute Gasteiger partial charge is 0.321 e. The lowest BCUT2D eigenvalue weighted by Gasteiger charge is -2.09. The predicted molar refractivity (Wildman–Crippen MR) is 87.5 cm³/mol. The zero-order valence-electron chi connectivity index (χ0n) is 10.6. The van der Waals surface area contributed by atoms with Crippen molar-refractivity contribution in [2.75, 3.05) is 5.32 Å². The lowest BCUT2D eigenvalue weighted by atomic mass is 10.2. The van der Waals surface area contributed by atoms with Gasteiger partial charge in [-0.05, 0) is 24.3 Å². The van der Waals surface area contributed by atoms with Crippen LogP contribution >= 0.6 is 46.4 Å². The highest BCUT2D eigenvalue weighted by atomic mass is 35.5. The van der Waals surface area contributed by atoms with Gasteiger partial charge in [0, 0.05) is 11.6 Å². The van der Waals surface area contributed by atoms with E-state index >= 15 is 0 Å². The molecule has 0 fully saturated rings. The first-order valence-corrected chi connectivity index (χ1v) is 7.20. The Bertz CT molecular complexity index is 780. The number of halogens is 4. The second-order valence-corrected chi connectivity index (χ2v) is 5.75. The number of hydrogen-bond donors (Lipinski definition) is 1. The SMILES string of the molecule is O=C(Nc1cc(Cl)c(Cl)cc1Cl)c1ccc(Cl)c([N+](=O)[O-])c1. The minimum absolute atomic E-state index is 0.0539. The topological polar surface area (TPSA) is 72.2 Å². The second kappa shape index (κ2) is 6.71. The quantitative estimate of drug-likeness (QED) is 0.437. The molecule has 1 amide bonds. The summed E-state index contributed by atoms with van der Waals surface area (Å²) in [7, 11) is 0. The molecule has 2 aromatic rings. The molecule has 0 spiro atoms. The Morgan fingerprint density at radius 2 is 1.59 bits per heavy atom. The monoisotopic (exact) mass is 378 g/mol. The van der Waals surface area contributed by atoms with Crippen molar-refractivity contribution in [1.82, 2.24) is 0 Å². The number of anilines is 1. The summed E-state index contributed by atoms with van der Waals surface area (Å²) in [5, 5.41) is 13.9. The highest BCUT2D eigenvalue weighted by Crippen LogP contribution is 2.33. The number of carbonyl (C=O) groups is 1. The first-order valence-electron chi connectivity index (χ1n) is 5.69. The molecular weight excluding hydrogens is 374 g/mol. The molecule has 114 valence electrons. The van der Waals surface area contributed by atoms with Crippen LogP contribution in [0.5, 0.6) is 0 Å². The number of nitro groups is 1. The van der Waals surface area contributed by atoms with Gasteiger partial charge in [0.2, 0.25) is 0 Å². The molecule has 0 atom stereocenters. The van der Waals surface area contributed by atoms with Gasteiger partial charge in [-0.25, -0.2) is 0 Å². The molecule has 1 N–H and O–H groups in total. The van der Waals surface area contributed by atoms with Crippen molar-refractivity contribution < 1.29 is 9.72 Å². The van der Waals surface area contributed by atoms with E-state index in [2.05, 4.69) is 5.32 Å². The van der Waals surface area contributed by atoms with Gasteiger partial charge in [-0.1, -0.05) is 46.4 Å². The number of hydrogen-bond acceptors (Lipinski definition) is 3. The van der Waals surface area contributed by atoms with Crippen LogP contribution in [0.2, 0.25) is 20.1 Å². The average Bonchev–Trinajstić information content (AvgIpc) is 2.44. The second-order valence-electron chi connectivity index (χ2n) is 4.12. The zero-order chi connectivity index (χ0) is 16.4. The van der Waals surface area contributed by atoms with Gasteiger partial charge in [0.15, 0.2) is 0 Å². The Labute approximate surface area is 144 Å². The summed E-state index contributed by atoms with van der Waals surface area (Å²) in [4.78, 5) is 22.3. The van der Waals surface area contributed by atoms with Gasteiger partial charge in [-0.2, -0.15) is 0 Å². The molecule has 0 unspecified atom stereocenters. The van der Waals surface area contributed by atoms with Crippen LogP contribution in [0.25, 0.3) is 0 Å². The number of nitro benzene ring substituents is 1. The molecule has 0 bridgehead atoms. The molecule has 0 aliphatic rings. The fourth-order valence-corrected chi connectivity index (χ4v) is 2.39. The Kier molecular flexibility index (Phi) is 5.13.